The van der Waals surface area contributed by atoms with Gasteiger partial charge < -0.3 is 4.74 Å². The van der Waals surface area contributed by atoms with E-state index in [9.17, 15) is 9.59 Å². The number of rotatable bonds is 1. The third-order valence-corrected chi connectivity index (χ3v) is 4.64. The molecule has 3 heteroatoms. The Balaban J connectivity index is 2.00. The number of hydrogen-bond donors (Lipinski definition) is 0. The summed E-state index contributed by atoms with van der Waals surface area (Å²) in [4.78, 5) is 25.3. The number of ketones is 1. The fourth-order valence-electron chi connectivity index (χ4n) is 3.71. The Morgan fingerprint density at radius 1 is 0.952 bits per heavy atom. The molecule has 2 atom stereocenters. The van der Waals surface area contributed by atoms with Gasteiger partial charge in [-0.15, -0.1) is 0 Å². The first-order valence-electron chi connectivity index (χ1n) is 7.11. The van der Waals surface area contributed by atoms with Crippen molar-refractivity contribution in [3.63, 3.8) is 0 Å². The van der Waals surface area contributed by atoms with Crippen molar-refractivity contribution in [2.75, 3.05) is 6.61 Å². The van der Waals surface area contributed by atoms with Gasteiger partial charge in [-0.3, -0.25) is 9.59 Å². The largest absolute Gasteiger partial charge is 0.465 e. The van der Waals surface area contributed by atoms with E-state index >= 15 is 0 Å². The average molecular weight is 278 g/mol. The second-order valence-electron chi connectivity index (χ2n) is 5.62. The van der Waals surface area contributed by atoms with Crippen molar-refractivity contribution in [3.8, 4) is 0 Å². The quantitative estimate of drug-likeness (QED) is 0.595. The molecule has 104 valence electrons. The van der Waals surface area contributed by atoms with E-state index in [0.29, 0.717) is 18.6 Å². The Hall–Kier alpha value is -2.42. The Kier molecular flexibility index (Phi) is 2.52. The molecule has 2 aromatic carbocycles. The van der Waals surface area contributed by atoms with Gasteiger partial charge in [0.15, 0.2) is 5.78 Å². The molecule has 0 unspecified atom stereocenters. The summed E-state index contributed by atoms with van der Waals surface area (Å²) in [6.07, 6.45) is 0.457. The summed E-state index contributed by atoms with van der Waals surface area (Å²) in [6.45, 7) is 0.321. The molecule has 1 spiro atoms. The van der Waals surface area contributed by atoms with Crippen LogP contribution in [-0.4, -0.2) is 18.4 Å². The zero-order chi connectivity index (χ0) is 14.4. The van der Waals surface area contributed by atoms with E-state index in [1.54, 1.807) is 0 Å². The summed E-state index contributed by atoms with van der Waals surface area (Å²) in [7, 11) is 0. The van der Waals surface area contributed by atoms with Gasteiger partial charge >= 0.3 is 5.97 Å². The number of ether oxygens (including phenoxy) is 1. The topological polar surface area (TPSA) is 43.4 Å². The summed E-state index contributed by atoms with van der Waals surface area (Å²) >= 11 is 0. The molecule has 0 saturated carbocycles. The van der Waals surface area contributed by atoms with E-state index in [1.165, 1.54) is 0 Å². The van der Waals surface area contributed by atoms with Crippen molar-refractivity contribution in [2.24, 2.45) is 5.41 Å². The molecule has 0 bridgehead atoms. The summed E-state index contributed by atoms with van der Waals surface area (Å²) in [5, 5.41) is 0. The molecule has 1 aliphatic carbocycles. The van der Waals surface area contributed by atoms with Crippen LogP contribution >= 0.6 is 0 Å². The monoisotopic (exact) mass is 278 g/mol. The summed E-state index contributed by atoms with van der Waals surface area (Å²) in [5.41, 5.74) is 1.53. The van der Waals surface area contributed by atoms with Crippen molar-refractivity contribution in [1.29, 1.82) is 0 Å². The lowest BCUT2D eigenvalue weighted by atomic mass is 9.71. The van der Waals surface area contributed by atoms with Crippen molar-refractivity contribution in [2.45, 2.75) is 12.3 Å². The fraction of sp³-hybridized carbons (Fsp3) is 0.222. The smallest absolute Gasteiger partial charge is 0.321 e. The fourth-order valence-corrected chi connectivity index (χ4v) is 3.71. The van der Waals surface area contributed by atoms with E-state index in [0.717, 1.165) is 11.1 Å². The van der Waals surface area contributed by atoms with Gasteiger partial charge in [-0.2, -0.15) is 0 Å². The third kappa shape index (κ3) is 1.49. The SMILES string of the molecule is O=C1OCC[C@@]12C(=O)c1ccccc1[C@H]2c1ccccc1. The molecule has 2 aromatic rings. The van der Waals surface area contributed by atoms with Crippen LogP contribution in [0.2, 0.25) is 0 Å². The maximum Gasteiger partial charge on any atom is 0.321 e. The first kappa shape index (κ1) is 12.3. The summed E-state index contributed by atoms with van der Waals surface area (Å²) < 4.78 is 5.18. The molecule has 0 aromatic heterocycles. The summed E-state index contributed by atoms with van der Waals surface area (Å²) in [5.74, 6) is -0.704. The van der Waals surface area contributed by atoms with Crippen LogP contribution < -0.4 is 0 Å². The van der Waals surface area contributed by atoms with Gasteiger partial charge in [-0.05, 0) is 11.1 Å². The van der Waals surface area contributed by atoms with E-state index in [1.807, 2.05) is 54.6 Å². The standard InChI is InChI=1S/C18H14O3/c19-16-14-9-5-4-8-13(14)15(12-6-2-1-3-7-12)18(16)10-11-21-17(18)20/h1-9,15H,10-11H2/t15-,18-/m1/s1. The van der Waals surface area contributed by atoms with Crippen LogP contribution in [0, 0.1) is 5.41 Å². The lowest BCUT2D eigenvalue weighted by Gasteiger charge is -2.26. The molecular formula is C18H14O3. The Bertz CT molecular complexity index is 735. The van der Waals surface area contributed by atoms with Gasteiger partial charge in [-0.1, -0.05) is 54.6 Å². The second-order valence-corrected chi connectivity index (χ2v) is 5.62. The van der Waals surface area contributed by atoms with Crippen LogP contribution in [-0.2, 0) is 9.53 Å². The molecule has 0 N–H and O–H groups in total. The van der Waals surface area contributed by atoms with Gasteiger partial charge in [-0.25, -0.2) is 0 Å². The molecule has 3 nitrogen and oxygen atoms in total. The zero-order valence-corrected chi connectivity index (χ0v) is 11.4. The van der Waals surface area contributed by atoms with Crippen LogP contribution in [0.3, 0.4) is 0 Å². The molecule has 1 aliphatic heterocycles. The Morgan fingerprint density at radius 3 is 2.38 bits per heavy atom. The normalized spacial score (nSPS) is 27.0. The first-order valence-corrected chi connectivity index (χ1v) is 7.11. The predicted molar refractivity (Wildman–Crippen MR) is 77.1 cm³/mol. The van der Waals surface area contributed by atoms with Gasteiger partial charge in [0.2, 0.25) is 0 Å². The lowest BCUT2D eigenvalue weighted by Crippen LogP contribution is -2.36. The Labute approximate surface area is 122 Å². The highest BCUT2D eigenvalue weighted by Crippen LogP contribution is 2.55. The first-order chi connectivity index (χ1) is 10.2. The molecule has 1 fully saturated rings. The summed E-state index contributed by atoms with van der Waals surface area (Å²) in [6, 6.07) is 17.3. The highest BCUT2D eigenvalue weighted by atomic mass is 16.5. The molecule has 0 radical (unpaired) electrons. The molecule has 4 rings (SSSR count). The van der Waals surface area contributed by atoms with Crippen LogP contribution in [0.5, 0.6) is 0 Å². The van der Waals surface area contributed by atoms with Gasteiger partial charge in [0.1, 0.15) is 5.41 Å². The maximum atomic E-state index is 12.9. The van der Waals surface area contributed by atoms with E-state index in [2.05, 4.69) is 0 Å². The average Bonchev–Trinajstić information content (AvgIpc) is 3.02. The maximum absolute atomic E-state index is 12.9. The van der Waals surface area contributed by atoms with Crippen LogP contribution in [0.4, 0.5) is 0 Å². The lowest BCUT2D eigenvalue weighted by molar-refractivity contribution is -0.144. The molecule has 1 saturated heterocycles. The number of Topliss-reactive ketones (excluding diaryl/α,β-unsaturated/α-hetero) is 1. The molecule has 21 heavy (non-hydrogen) atoms. The van der Waals surface area contributed by atoms with Crippen LogP contribution in [0.15, 0.2) is 54.6 Å². The van der Waals surface area contributed by atoms with Crippen LogP contribution in [0.25, 0.3) is 0 Å². The number of hydrogen-bond acceptors (Lipinski definition) is 3. The van der Waals surface area contributed by atoms with E-state index in [4.69, 9.17) is 4.74 Å². The predicted octanol–water partition coefficient (Wildman–Crippen LogP) is 2.95. The van der Waals surface area contributed by atoms with Gasteiger partial charge in [0.25, 0.3) is 0 Å². The van der Waals surface area contributed by atoms with Gasteiger partial charge in [0, 0.05) is 17.9 Å². The molecule has 0 amide bonds. The number of carbonyl (C=O) groups excluding carboxylic acids is 2. The molecule has 1 heterocycles. The zero-order valence-electron chi connectivity index (χ0n) is 11.4. The minimum Gasteiger partial charge on any atom is -0.465 e. The van der Waals surface area contributed by atoms with Crippen molar-refractivity contribution < 1.29 is 14.3 Å². The number of fused-ring (bicyclic) bond motifs is 1. The van der Waals surface area contributed by atoms with Gasteiger partial charge in [0.05, 0.1) is 6.61 Å². The number of benzene rings is 2. The van der Waals surface area contributed by atoms with E-state index in [-0.39, 0.29) is 17.7 Å². The highest BCUT2D eigenvalue weighted by Gasteiger charge is 2.61. The molecule has 2 aliphatic rings. The van der Waals surface area contributed by atoms with Crippen molar-refractivity contribution in [1.82, 2.24) is 0 Å². The number of carbonyl (C=O) groups is 2. The minimum absolute atomic E-state index is 0.0885. The number of cyclic esters (lactones) is 1. The van der Waals surface area contributed by atoms with Crippen molar-refractivity contribution >= 4 is 11.8 Å². The number of esters is 1. The van der Waals surface area contributed by atoms with Crippen molar-refractivity contribution in [3.05, 3.63) is 71.3 Å². The van der Waals surface area contributed by atoms with Crippen LogP contribution in [0.1, 0.15) is 33.8 Å². The third-order valence-electron chi connectivity index (χ3n) is 4.64. The molecular weight excluding hydrogens is 264 g/mol. The highest BCUT2D eigenvalue weighted by molar-refractivity contribution is 6.18. The van der Waals surface area contributed by atoms with E-state index < -0.39 is 5.41 Å². The Morgan fingerprint density at radius 2 is 1.67 bits per heavy atom. The second kappa shape index (κ2) is 4.29. The minimum atomic E-state index is -1.06.